The Balaban J connectivity index is 1.82. The Morgan fingerprint density at radius 2 is 2.22 bits per heavy atom. The van der Waals surface area contributed by atoms with Gasteiger partial charge in [0.1, 0.15) is 16.2 Å². The van der Waals surface area contributed by atoms with Crippen LogP contribution in [-0.4, -0.2) is 6.10 Å². The highest BCUT2D eigenvalue weighted by atomic mass is 79.9. The van der Waals surface area contributed by atoms with Gasteiger partial charge in [0.2, 0.25) is 0 Å². The summed E-state index contributed by atoms with van der Waals surface area (Å²) in [6, 6.07) is 9.90. The Morgan fingerprint density at radius 3 is 2.89 bits per heavy atom. The molecule has 0 amide bonds. The van der Waals surface area contributed by atoms with Gasteiger partial charge in [-0.3, -0.25) is 0 Å². The van der Waals surface area contributed by atoms with Crippen LogP contribution in [0.2, 0.25) is 4.34 Å². The molecule has 2 aromatic rings. The number of hydrogen-bond acceptors (Lipinski definition) is 3. The Kier molecular flexibility index (Phi) is 3.36. The van der Waals surface area contributed by atoms with E-state index in [0.29, 0.717) is 0 Å². The fourth-order valence-corrected chi connectivity index (χ4v) is 3.91. The van der Waals surface area contributed by atoms with Crippen LogP contribution in [0.4, 0.5) is 0 Å². The first kappa shape index (κ1) is 12.5. The minimum Gasteiger partial charge on any atom is -0.488 e. The van der Waals surface area contributed by atoms with E-state index in [2.05, 4.69) is 22.0 Å². The van der Waals surface area contributed by atoms with Crippen molar-refractivity contribution in [1.82, 2.24) is 0 Å². The maximum absolute atomic E-state index is 6.27. The smallest absolute Gasteiger partial charge is 0.123 e. The zero-order valence-corrected chi connectivity index (χ0v) is 12.6. The van der Waals surface area contributed by atoms with E-state index in [4.69, 9.17) is 22.1 Å². The van der Waals surface area contributed by atoms with Crippen LogP contribution in [0.25, 0.3) is 0 Å². The summed E-state index contributed by atoms with van der Waals surface area (Å²) in [5.74, 6) is 0.944. The van der Waals surface area contributed by atoms with Crippen molar-refractivity contribution in [2.45, 2.75) is 18.6 Å². The van der Waals surface area contributed by atoms with Crippen molar-refractivity contribution in [3.63, 3.8) is 0 Å². The molecule has 2 N–H and O–H groups in total. The topological polar surface area (TPSA) is 35.2 Å². The molecule has 1 aromatic carbocycles. The Morgan fingerprint density at radius 1 is 1.44 bits per heavy atom. The van der Waals surface area contributed by atoms with E-state index >= 15 is 0 Å². The molecule has 0 saturated heterocycles. The molecule has 5 heteroatoms. The van der Waals surface area contributed by atoms with Gasteiger partial charge in [0, 0.05) is 15.8 Å². The summed E-state index contributed by atoms with van der Waals surface area (Å²) in [6.45, 7) is 0. The predicted molar refractivity (Wildman–Crippen MR) is 78.5 cm³/mol. The van der Waals surface area contributed by atoms with Gasteiger partial charge >= 0.3 is 0 Å². The van der Waals surface area contributed by atoms with Crippen LogP contribution >= 0.6 is 38.9 Å². The molecule has 0 fully saturated rings. The van der Waals surface area contributed by atoms with E-state index in [-0.39, 0.29) is 12.1 Å². The first-order chi connectivity index (χ1) is 8.65. The average Bonchev–Trinajstić information content (AvgIpc) is 2.93. The number of fused-ring (bicyclic) bond motifs is 1. The van der Waals surface area contributed by atoms with Crippen molar-refractivity contribution in [3.05, 3.63) is 49.6 Å². The molecule has 94 valence electrons. The maximum Gasteiger partial charge on any atom is 0.123 e. The second-order valence-corrected chi connectivity index (χ2v) is 6.80. The van der Waals surface area contributed by atoms with E-state index in [0.717, 1.165) is 25.9 Å². The fraction of sp³-hybridized carbons (Fsp3) is 0.231. The summed E-state index contributed by atoms with van der Waals surface area (Å²) < 4.78 is 7.53. The molecule has 3 rings (SSSR count). The normalized spacial score (nSPS) is 19.4. The lowest BCUT2D eigenvalue weighted by molar-refractivity contribution is 0.201. The lowest BCUT2D eigenvalue weighted by Gasteiger charge is -2.17. The van der Waals surface area contributed by atoms with Gasteiger partial charge in [0.05, 0.1) is 6.04 Å². The number of hydrogen-bond donors (Lipinski definition) is 1. The van der Waals surface area contributed by atoms with E-state index in [1.807, 2.05) is 24.3 Å². The summed E-state index contributed by atoms with van der Waals surface area (Å²) in [5.41, 5.74) is 7.49. The van der Waals surface area contributed by atoms with Crippen LogP contribution in [0.1, 0.15) is 16.5 Å². The van der Waals surface area contributed by atoms with Crippen LogP contribution in [0.3, 0.4) is 0 Å². The molecule has 2 unspecified atom stereocenters. The van der Waals surface area contributed by atoms with Crippen LogP contribution < -0.4 is 10.5 Å². The van der Waals surface area contributed by atoms with E-state index in [1.165, 1.54) is 16.9 Å². The molecular formula is C13H11BrClNOS. The SMILES string of the molecule is NC(c1cc(Br)c(Cl)s1)C1Cc2ccccc2O1. The third-order valence-electron chi connectivity index (χ3n) is 3.07. The van der Waals surface area contributed by atoms with Gasteiger partial charge in [0.15, 0.2) is 0 Å². The molecule has 18 heavy (non-hydrogen) atoms. The molecular weight excluding hydrogens is 334 g/mol. The molecule has 0 aliphatic carbocycles. The van der Waals surface area contributed by atoms with Crippen molar-refractivity contribution in [3.8, 4) is 5.75 Å². The first-order valence-corrected chi connectivity index (χ1v) is 7.59. The molecule has 1 aromatic heterocycles. The molecule has 2 nitrogen and oxygen atoms in total. The Labute approximate surface area is 123 Å². The van der Waals surface area contributed by atoms with E-state index in [1.54, 1.807) is 0 Å². The van der Waals surface area contributed by atoms with Crippen molar-refractivity contribution < 1.29 is 4.74 Å². The average molecular weight is 345 g/mol. The number of nitrogens with two attached hydrogens (primary N) is 1. The Hall–Kier alpha value is -0.550. The number of thiophene rings is 1. The van der Waals surface area contributed by atoms with Gasteiger partial charge in [0.25, 0.3) is 0 Å². The van der Waals surface area contributed by atoms with Crippen molar-refractivity contribution in [1.29, 1.82) is 0 Å². The summed E-state index contributed by atoms with van der Waals surface area (Å²) in [6.07, 6.45) is 0.841. The zero-order chi connectivity index (χ0) is 12.7. The molecule has 0 bridgehead atoms. The standard InChI is InChI=1S/C13H11BrClNOS/c14-8-6-11(18-13(8)15)12(16)10-5-7-3-1-2-4-9(7)17-10/h1-4,6,10,12H,5,16H2. The fourth-order valence-electron chi connectivity index (χ4n) is 2.12. The summed E-state index contributed by atoms with van der Waals surface area (Å²) in [7, 11) is 0. The van der Waals surface area contributed by atoms with Gasteiger partial charge in [-0.15, -0.1) is 11.3 Å². The third kappa shape index (κ3) is 2.18. The van der Waals surface area contributed by atoms with Crippen LogP contribution in [-0.2, 0) is 6.42 Å². The molecule has 2 heterocycles. The third-order valence-corrected chi connectivity index (χ3v) is 5.64. The lowest BCUT2D eigenvalue weighted by Crippen LogP contribution is -2.29. The van der Waals surface area contributed by atoms with Crippen LogP contribution in [0.5, 0.6) is 5.75 Å². The van der Waals surface area contributed by atoms with Gasteiger partial charge < -0.3 is 10.5 Å². The second kappa shape index (κ2) is 4.85. The number of para-hydroxylation sites is 1. The van der Waals surface area contributed by atoms with E-state index < -0.39 is 0 Å². The maximum atomic E-state index is 6.27. The second-order valence-electron chi connectivity index (χ2n) is 4.26. The Bertz CT molecular complexity index is 542. The van der Waals surface area contributed by atoms with Crippen LogP contribution in [0, 0.1) is 0 Å². The van der Waals surface area contributed by atoms with Crippen molar-refractivity contribution in [2.75, 3.05) is 0 Å². The lowest BCUT2D eigenvalue weighted by atomic mass is 10.0. The molecule has 0 radical (unpaired) electrons. The zero-order valence-electron chi connectivity index (χ0n) is 9.40. The van der Waals surface area contributed by atoms with E-state index in [9.17, 15) is 0 Å². The van der Waals surface area contributed by atoms with Crippen molar-refractivity contribution >= 4 is 38.9 Å². The summed E-state index contributed by atoms with van der Waals surface area (Å²) in [4.78, 5) is 1.05. The molecule has 1 aliphatic rings. The molecule has 2 atom stereocenters. The number of rotatable bonds is 2. The van der Waals surface area contributed by atoms with Gasteiger partial charge in [-0.2, -0.15) is 0 Å². The highest BCUT2D eigenvalue weighted by Gasteiger charge is 2.30. The number of benzene rings is 1. The summed E-state index contributed by atoms with van der Waals surface area (Å²) >= 11 is 10.9. The van der Waals surface area contributed by atoms with Gasteiger partial charge in [-0.25, -0.2) is 0 Å². The highest BCUT2D eigenvalue weighted by molar-refractivity contribution is 9.10. The first-order valence-electron chi connectivity index (χ1n) is 5.60. The predicted octanol–water partition coefficient (Wildman–Crippen LogP) is 4.17. The number of ether oxygens (including phenoxy) is 1. The minimum absolute atomic E-state index is 0.0102. The minimum atomic E-state index is -0.147. The number of halogens is 2. The molecule has 0 saturated carbocycles. The molecule has 1 aliphatic heterocycles. The monoisotopic (exact) mass is 343 g/mol. The van der Waals surface area contributed by atoms with Crippen molar-refractivity contribution in [2.24, 2.45) is 5.73 Å². The molecule has 0 spiro atoms. The van der Waals surface area contributed by atoms with Gasteiger partial charge in [-0.1, -0.05) is 29.8 Å². The van der Waals surface area contributed by atoms with Gasteiger partial charge in [-0.05, 0) is 33.6 Å². The van der Waals surface area contributed by atoms with Crippen LogP contribution in [0.15, 0.2) is 34.8 Å². The largest absolute Gasteiger partial charge is 0.488 e. The quantitative estimate of drug-likeness (QED) is 0.887. The summed E-state index contributed by atoms with van der Waals surface area (Å²) in [5, 5.41) is 0. The highest BCUT2D eigenvalue weighted by Crippen LogP contribution is 2.39.